The molecule has 1 aliphatic rings. The van der Waals surface area contributed by atoms with Crippen LogP contribution in [0.15, 0.2) is 48.5 Å². The number of nitrogens with zero attached hydrogens (tertiary/aromatic N) is 2. The summed E-state index contributed by atoms with van der Waals surface area (Å²) in [6, 6.07) is 14.0. The van der Waals surface area contributed by atoms with Gasteiger partial charge in [0.15, 0.2) is 5.75 Å². The molecule has 0 aliphatic carbocycles. The molecule has 1 saturated heterocycles. The molecule has 0 aromatic heterocycles. The number of rotatable bonds is 10. The minimum atomic E-state index is -3.65. The summed E-state index contributed by atoms with van der Waals surface area (Å²) in [5.41, 5.74) is 0.928. The summed E-state index contributed by atoms with van der Waals surface area (Å²) in [7, 11) is -0.157. The molecule has 1 amide bonds. The van der Waals surface area contributed by atoms with E-state index in [2.05, 4.69) is 26.9 Å². The van der Waals surface area contributed by atoms with Gasteiger partial charge < -0.3 is 19.7 Å². The maximum absolute atomic E-state index is 13.5. The summed E-state index contributed by atoms with van der Waals surface area (Å²) >= 11 is 0. The van der Waals surface area contributed by atoms with Gasteiger partial charge in [-0.2, -0.15) is 0 Å². The number of nitrogens with one attached hydrogen (secondary N) is 2. The number of fused-ring (bicyclic) bond motifs is 1. The Balaban J connectivity index is 1.59. The first-order valence-corrected chi connectivity index (χ1v) is 15.8. The van der Waals surface area contributed by atoms with Crippen molar-refractivity contribution in [2.24, 2.45) is 0 Å². The zero-order valence-corrected chi connectivity index (χ0v) is 25.9. The lowest BCUT2D eigenvalue weighted by Gasteiger charge is -2.32. The van der Waals surface area contributed by atoms with Crippen LogP contribution >= 0.6 is 0 Å². The molecule has 226 valence electrons. The largest absolute Gasteiger partial charge is 0.492 e. The molecule has 1 heterocycles. The second-order valence-corrected chi connectivity index (χ2v) is 13.4. The molecule has 0 unspecified atom stereocenters. The summed E-state index contributed by atoms with van der Waals surface area (Å²) in [5, 5.41) is 4.00. The first kappa shape index (κ1) is 31.3. The number of Topliss-reactive ketones (excluding diaryl/α,β-unsaturated/α-hetero) is 1. The number of carbonyl (C=O) groups is 2. The number of hydrogen-bond acceptors (Lipinski definition) is 8. The average Bonchev–Trinajstić information content (AvgIpc) is 2.92. The summed E-state index contributed by atoms with van der Waals surface area (Å²) in [5.74, 6) is -0.870. The Morgan fingerprint density at radius 1 is 0.952 bits per heavy atom. The van der Waals surface area contributed by atoms with E-state index in [1.807, 2.05) is 39.0 Å². The van der Waals surface area contributed by atoms with Crippen molar-refractivity contribution in [3.8, 4) is 11.5 Å². The number of carbonyl (C=O) groups excluding carboxylic acids is 2. The Hall–Kier alpha value is -3.67. The van der Waals surface area contributed by atoms with Gasteiger partial charge in [-0.05, 0) is 47.7 Å². The monoisotopic (exact) mass is 596 g/mol. The molecular formula is C31H40N4O6S. The van der Waals surface area contributed by atoms with Gasteiger partial charge in [-0.1, -0.05) is 45.0 Å². The molecule has 0 atom stereocenters. The first-order chi connectivity index (χ1) is 19.8. The fourth-order valence-corrected chi connectivity index (χ4v) is 5.45. The summed E-state index contributed by atoms with van der Waals surface area (Å²) in [4.78, 5) is 31.5. The van der Waals surface area contributed by atoms with E-state index in [1.165, 1.54) is 7.11 Å². The molecule has 0 spiro atoms. The molecule has 42 heavy (non-hydrogen) atoms. The van der Waals surface area contributed by atoms with E-state index in [4.69, 9.17) is 9.47 Å². The number of ketones is 1. The maximum atomic E-state index is 13.5. The molecule has 0 radical (unpaired) electrons. The van der Waals surface area contributed by atoms with Crippen molar-refractivity contribution in [1.82, 2.24) is 9.80 Å². The van der Waals surface area contributed by atoms with Crippen LogP contribution in [0.5, 0.6) is 11.5 Å². The van der Waals surface area contributed by atoms with Crippen molar-refractivity contribution < 1.29 is 27.5 Å². The van der Waals surface area contributed by atoms with E-state index < -0.39 is 21.7 Å². The zero-order valence-electron chi connectivity index (χ0n) is 25.1. The lowest BCUT2D eigenvalue weighted by molar-refractivity contribution is -0.112. The highest BCUT2D eigenvalue weighted by Gasteiger charge is 2.25. The van der Waals surface area contributed by atoms with E-state index in [0.717, 1.165) is 49.9 Å². The molecule has 3 aromatic carbocycles. The van der Waals surface area contributed by atoms with E-state index in [-0.39, 0.29) is 28.1 Å². The van der Waals surface area contributed by atoms with Gasteiger partial charge in [0, 0.05) is 43.7 Å². The van der Waals surface area contributed by atoms with Gasteiger partial charge in [-0.3, -0.25) is 19.2 Å². The Morgan fingerprint density at radius 3 is 2.21 bits per heavy atom. The van der Waals surface area contributed by atoms with Crippen molar-refractivity contribution in [2.75, 3.05) is 69.8 Å². The number of anilines is 2. The third kappa shape index (κ3) is 7.58. The molecule has 10 nitrogen and oxygen atoms in total. The Labute approximate surface area is 248 Å². The Bertz CT molecular complexity index is 1570. The van der Waals surface area contributed by atoms with Gasteiger partial charge in [0.2, 0.25) is 10.0 Å². The third-order valence-corrected chi connectivity index (χ3v) is 7.89. The third-order valence-electron chi connectivity index (χ3n) is 7.30. The van der Waals surface area contributed by atoms with Crippen LogP contribution in [-0.2, 0) is 20.2 Å². The standard InChI is InChI=1S/C31H40N4O6S/c1-31(2,3)21-19-25(29(40-5)26(20-21)33-42(6,38)39)32-30(37)28(36)24-11-12-27(23-10-8-7-9-22(23)24)41-18-17-35-15-13-34(4)14-16-35/h7-12,19-20,33H,13-18H2,1-6H3,(H,32,37). The highest BCUT2D eigenvalue weighted by atomic mass is 32.2. The van der Waals surface area contributed by atoms with Crippen molar-refractivity contribution >= 4 is 43.9 Å². The molecule has 1 aliphatic heterocycles. The van der Waals surface area contributed by atoms with Crippen LogP contribution in [0.2, 0.25) is 0 Å². The van der Waals surface area contributed by atoms with Gasteiger partial charge >= 0.3 is 0 Å². The van der Waals surface area contributed by atoms with Crippen molar-refractivity contribution in [2.45, 2.75) is 26.2 Å². The number of sulfonamides is 1. The summed E-state index contributed by atoms with van der Waals surface area (Å²) in [6.07, 6.45) is 1.03. The number of piperazine rings is 1. The Morgan fingerprint density at radius 2 is 1.60 bits per heavy atom. The van der Waals surface area contributed by atoms with Gasteiger partial charge in [-0.25, -0.2) is 8.42 Å². The number of benzene rings is 3. The van der Waals surface area contributed by atoms with Crippen LogP contribution in [0.4, 0.5) is 11.4 Å². The maximum Gasteiger partial charge on any atom is 0.296 e. The number of hydrogen-bond donors (Lipinski definition) is 2. The normalized spacial score (nSPS) is 14.9. The fraction of sp³-hybridized carbons (Fsp3) is 0.419. The highest BCUT2D eigenvalue weighted by Crippen LogP contribution is 2.39. The molecule has 11 heteroatoms. The van der Waals surface area contributed by atoms with Crippen LogP contribution in [0, 0.1) is 0 Å². The van der Waals surface area contributed by atoms with Crippen LogP contribution < -0.4 is 19.5 Å². The van der Waals surface area contributed by atoms with Gasteiger partial charge in [0.05, 0.1) is 24.7 Å². The van der Waals surface area contributed by atoms with Crippen LogP contribution in [0.3, 0.4) is 0 Å². The SMILES string of the molecule is COc1c(NC(=O)C(=O)c2ccc(OCCN3CCN(C)CC3)c3ccccc23)cc(C(C)(C)C)cc1NS(C)(=O)=O. The van der Waals surface area contributed by atoms with E-state index in [1.54, 1.807) is 30.3 Å². The van der Waals surface area contributed by atoms with E-state index in [0.29, 0.717) is 17.7 Å². The topological polar surface area (TPSA) is 117 Å². The van der Waals surface area contributed by atoms with Gasteiger partial charge in [-0.15, -0.1) is 0 Å². The minimum absolute atomic E-state index is 0.100. The molecular weight excluding hydrogens is 556 g/mol. The average molecular weight is 597 g/mol. The van der Waals surface area contributed by atoms with Crippen LogP contribution in [0.25, 0.3) is 10.8 Å². The van der Waals surface area contributed by atoms with Gasteiger partial charge in [0.25, 0.3) is 11.7 Å². The summed E-state index contributed by atoms with van der Waals surface area (Å²) < 4.78 is 38.1. The van der Waals surface area contributed by atoms with Crippen molar-refractivity contribution in [3.63, 3.8) is 0 Å². The lowest BCUT2D eigenvalue weighted by atomic mass is 9.86. The molecule has 0 bridgehead atoms. The van der Waals surface area contributed by atoms with E-state index >= 15 is 0 Å². The smallest absolute Gasteiger partial charge is 0.296 e. The predicted molar refractivity (Wildman–Crippen MR) is 167 cm³/mol. The van der Waals surface area contributed by atoms with Gasteiger partial charge in [0.1, 0.15) is 12.4 Å². The van der Waals surface area contributed by atoms with Crippen molar-refractivity contribution in [1.29, 1.82) is 0 Å². The van der Waals surface area contributed by atoms with Crippen LogP contribution in [0.1, 0.15) is 36.7 Å². The second kappa shape index (κ2) is 12.7. The van der Waals surface area contributed by atoms with E-state index in [9.17, 15) is 18.0 Å². The van der Waals surface area contributed by atoms with Crippen molar-refractivity contribution in [3.05, 3.63) is 59.7 Å². The zero-order chi connectivity index (χ0) is 30.7. The number of amides is 1. The molecule has 4 rings (SSSR count). The molecule has 1 fully saturated rings. The number of ether oxygens (including phenoxy) is 2. The quantitative estimate of drug-likeness (QED) is 0.267. The lowest BCUT2D eigenvalue weighted by Crippen LogP contribution is -2.45. The predicted octanol–water partition coefficient (Wildman–Crippen LogP) is 3.97. The number of methoxy groups -OCH3 is 1. The molecule has 2 N–H and O–H groups in total. The minimum Gasteiger partial charge on any atom is -0.492 e. The molecule has 0 saturated carbocycles. The second-order valence-electron chi connectivity index (χ2n) is 11.7. The fourth-order valence-electron chi connectivity index (χ4n) is 4.90. The Kier molecular flexibility index (Phi) is 9.44. The van der Waals surface area contributed by atoms with Crippen LogP contribution in [-0.4, -0.2) is 89.7 Å². The highest BCUT2D eigenvalue weighted by molar-refractivity contribution is 7.92. The first-order valence-electron chi connectivity index (χ1n) is 13.9. The number of likely N-dealkylation sites (N-methyl/N-ethyl adjacent to an activating group) is 1. The summed E-state index contributed by atoms with van der Waals surface area (Å²) in [6.45, 7) is 11.2. The molecule has 3 aromatic rings.